The lowest BCUT2D eigenvalue weighted by atomic mass is 10.2. The van der Waals surface area contributed by atoms with Gasteiger partial charge in [-0.15, -0.1) is 12.4 Å². The molecule has 0 aliphatic rings. The summed E-state index contributed by atoms with van der Waals surface area (Å²) >= 11 is 11.9. The molecule has 0 fully saturated rings. The fraction of sp³-hybridized carbons (Fsp3) is 0.100. The molecule has 0 saturated heterocycles. The number of imidazole rings is 1. The van der Waals surface area contributed by atoms with Gasteiger partial charge in [-0.25, -0.2) is 4.98 Å². The number of rotatable bonds is 2. The van der Waals surface area contributed by atoms with Crippen LogP contribution in [0.25, 0.3) is 0 Å². The van der Waals surface area contributed by atoms with E-state index in [1.807, 2.05) is 22.9 Å². The summed E-state index contributed by atoms with van der Waals surface area (Å²) in [6, 6.07) is 5.62. The van der Waals surface area contributed by atoms with E-state index in [1.165, 1.54) is 0 Å². The molecular weight excluding hydrogens is 254 g/mol. The van der Waals surface area contributed by atoms with Crippen molar-refractivity contribution in [3.8, 4) is 0 Å². The highest BCUT2D eigenvalue weighted by atomic mass is 35.5. The molecule has 0 saturated carbocycles. The summed E-state index contributed by atoms with van der Waals surface area (Å²) in [7, 11) is 0. The van der Waals surface area contributed by atoms with Gasteiger partial charge in [0.1, 0.15) is 0 Å². The Morgan fingerprint density at radius 1 is 1.27 bits per heavy atom. The van der Waals surface area contributed by atoms with Crippen LogP contribution in [-0.2, 0) is 6.54 Å². The van der Waals surface area contributed by atoms with Gasteiger partial charge in [0.05, 0.1) is 22.9 Å². The summed E-state index contributed by atoms with van der Waals surface area (Å²) < 4.78 is 1.94. The standard InChI is InChI=1S/C10H8Cl2N2.ClH/c11-9-3-1-2-8(10(9)12)6-14-5-4-13-7-14;/h1-5,7H,6H2;1H. The minimum absolute atomic E-state index is 0. The zero-order valence-electron chi connectivity index (χ0n) is 7.73. The number of aromatic nitrogens is 2. The average Bonchev–Trinajstić information content (AvgIpc) is 2.66. The molecule has 0 atom stereocenters. The molecule has 0 radical (unpaired) electrons. The summed E-state index contributed by atoms with van der Waals surface area (Å²) in [5, 5.41) is 1.20. The quantitative estimate of drug-likeness (QED) is 0.808. The largest absolute Gasteiger partial charge is 0.333 e. The Labute approximate surface area is 104 Å². The van der Waals surface area contributed by atoms with E-state index in [1.54, 1.807) is 18.6 Å². The monoisotopic (exact) mass is 262 g/mol. The molecular formula is C10H9Cl3N2. The first-order valence-electron chi connectivity index (χ1n) is 4.16. The summed E-state index contributed by atoms with van der Waals surface area (Å²) in [4.78, 5) is 3.96. The van der Waals surface area contributed by atoms with E-state index in [9.17, 15) is 0 Å². The van der Waals surface area contributed by atoms with Crippen LogP contribution in [-0.4, -0.2) is 9.55 Å². The van der Waals surface area contributed by atoms with Crippen molar-refractivity contribution in [2.75, 3.05) is 0 Å². The zero-order chi connectivity index (χ0) is 9.97. The van der Waals surface area contributed by atoms with Crippen LogP contribution in [0.5, 0.6) is 0 Å². The molecule has 1 heterocycles. The van der Waals surface area contributed by atoms with Crippen LogP contribution in [0.2, 0.25) is 10.0 Å². The second-order valence-corrected chi connectivity index (χ2v) is 3.73. The van der Waals surface area contributed by atoms with Crippen LogP contribution in [0, 0.1) is 0 Å². The van der Waals surface area contributed by atoms with Crippen molar-refractivity contribution in [1.82, 2.24) is 9.55 Å². The van der Waals surface area contributed by atoms with Crippen LogP contribution in [0.15, 0.2) is 36.9 Å². The lowest BCUT2D eigenvalue weighted by Crippen LogP contribution is -1.97. The number of nitrogens with zero attached hydrogens (tertiary/aromatic N) is 2. The van der Waals surface area contributed by atoms with Crippen LogP contribution in [0.1, 0.15) is 5.56 Å². The van der Waals surface area contributed by atoms with Gasteiger partial charge < -0.3 is 4.57 Å². The molecule has 2 nitrogen and oxygen atoms in total. The Morgan fingerprint density at radius 2 is 2.07 bits per heavy atom. The number of hydrogen-bond acceptors (Lipinski definition) is 1. The number of hydrogen-bond donors (Lipinski definition) is 0. The highest BCUT2D eigenvalue weighted by molar-refractivity contribution is 6.42. The molecule has 0 unspecified atom stereocenters. The molecule has 0 amide bonds. The summed E-state index contributed by atoms with van der Waals surface area (Å²) in [5.41, 5.74) is 0.997. The van der Waals surface area contributed by atoms with Crippen LogP contribution >= 0.6 is 35.6 Å². The predicted octanol–water partition coefficient (Wildman–Crippen LogP) is 3.66. The Kier molecular flexibility index (Phi) is 4.45. The van der Waals surface area contributed by atoms with Gasteiger partial charge in [0, 0.05) is 12.4 Å². The van der Waals surface area contributed by atoms with Crippen molar-refractivity contribution in [3.63, 3.8) is 0 Å². The van der Waals surface area contributed by atoms with Crippen molar-refractivity contribution in [2.45, 2.75) is 6.54 Å². The van der Waals surface area contributed by atoms with E-state index in [-0.39, 0.29) is 12.4 Å². The number of halogens is 3. The smallest absolute Gasteiger partial charge is 0.0949 e. The summed E-state index contributed by atoms with van der Waals surface area (Å²) in [6.07, 6.45) is 5.37. The molecule has 2 aromatic rings. The summed E-state index contributed by atoms with van der Waals surface area (Å²) in [5.74, 6) is 0. The summed E-state index contributed by atoms with van der Waals surface area (Å²) in [6.45, 7) is 0.694. The third-order valence-corrected chi connectivity index (χ3v) is 2.80. The maximum absolute atomic E-state index is 6.04. The van der Waals surface area contributed by atoms with E-state index in [2.05, 4.69) is 4.98 Å². The second kappa shape index (κ2) is 5.40. The van der Waals surface area contributed by atoms with Crippen LogP contribution in [0.4, 0.5) is 0 Å². The molecule has 0 N–H and O–H groups in total. The van der Waals surface area contributed by atoms with E-state index in [0.29, 0.717) is 16.6 Å². The van der Waals surface area contributed by atoms with Crippen molar-refractivity contribution in [3.05, 3.63) is 52.5 Å². The zero-order valence-corrected chi connectivity index (χ0v) is 10.1. The van der Waals surface area contributed by atoms with Gasteiger partial charge in [-0.05, 0) is 11.6 Å². The molecule has 1 aromatic heterocycles. The van der Waals surface area contributed by atoms with E-state index in [0.717, 1.165) is 5.56 Å². The van der Waals surface area contributed by atoms with Gasteiger partial charge in [0.25, 0.3) is 0 Å². The first-order chi connectivity index (χ1) is 6.77. The Bertz CT molecular complexity index is 426. The van der Waals surface area contributed by atoms with Crippen molar-refractivity contribution >= 4 is 35.6 Å². The SMILES string of the molecule is Cl.Clc1cccc(Cn2ccnc2)c1Cl. The Balaban J connectivity index is 0.00000112. The Hall–Kier alpha value is -0.700. The predicted molar refractivity (Wildman–Crippen MR) is 65.0 cm³/mol. The third-order valence-electron chi connectivity index (χ3n) is 1.94. The normalized spacial score (nSPS) is 9.73. The molecule has 15 heavy (non-hydrogen) atoms. The molecule has 1 aromatic carbocycles. The first kappa shape index (κ1) is 12.4. The average molecular weight is 264 g/mol. The van der Waals surface area contributed by atoms with E-state index >= 15 is 0 Å². The van der Waals surface area contributed by atoms with Gasteiger partial charge in [0.15, 0.2) is 0 Å². The lowest BCUT2D eigenvalue weighted by Gasteiger charge is -2.05. The molecule has 0 aliphatic heterocycles. The van der Waals surface area contributed by atoms with Gasteiger partial charge in [-0.1, -0.05) is 35.3 Å². The second-order valence-electron chi connectivity index (χ2n) is 2.95. The van der Waals surface area contributed by atoms with Crippen molar-refractivity contribution < 1.29 is 0 Å². The highest BCUT2D eigenvalue weighted by Gasteiger charge is 2.03. The topological polar surface area (TPSA) is 17.8 Å². The first-order valence-corrected chi connectivity index (χ1v) is 4.91. The fourth-order valence-electron chi connectivity index (χ4n) is 1.25. The van der Waals surface area contributed by atoms with Crippen molar-refractivity contribution in [2.24, 2.45) is 0 Å². The maximum atomic E-state index is 6.04. The molecule has 0 aliphatic carbocycles. The van der Waals surface area contributed by atoms with Gasteiger partial charge in [-0.3, -0.25) is 0 Å². The molecule has 0 bridgehead atoms. The van der Waals surface area contributed by atoms with E-state index < -0.39 is 0 Å². The van der Waals surface area contributed by atoms with Gasteiger partial charge >= 0.3 is 0 Å². The maximum Gasteiger partial charge on any atom is 0.0949 e. The number of benzene rings is 1. The van der Waals surface area contributed by atoms with Gasteiger partial charge in [0.2, 0.25) is 0 Å². The third kappa shape index (κ3) is 2.88. The lowest BCUT2D eigenvalue weighted by molar-refractivity contribution is 0.797. The molecule has 80 valence electrons. The molecule has 0 spiro atoms. The highest BCUT2D eigenvalue weighted by Crippen LogP contribution is 2.25. The Morgan fingerprint density at radius 3 is 2.73 bits per heavy atom. The minimum Gasteiger partial charge on any atom is -0.333 e. The molecule has 2 rings (SSSR count). The van der Waals surface area contributed by atoms with Crippen molar-refractivity contribution in [1.29, 1.82) is 0 Å². The van der Waals surface area contributed by atoms with Gasteiger partial charge in [-0.2, -0.15) is 0 Å². The minimum atomic E-state index is 0. The van der Waals surface area contributed by atoms with E-state index in [4.69, 9.17) is 23.2 Å². The van der Waals surface area contributed by atoms with Crippen LogP contribution < -0.4 is 0 Å². The fourth-order valence-corrected chi connectivity index (χ4v) is 1.63. The molecule has 5 heteroatoms. The van der Waals surface area contributed by atoms with Crippen LogP contribution in [0.3, 0.4) is 0 Å².